The van der Waals surface area contributed by atoms with Gasteiger partial charge in [0.15, 0.2) is 5.11 Å². The third-order valence-electron chi connectivity index (χ3n) is 0.950. The van der Waals surface area contributed by atoms with Gasteiger partial charge < -0.3 is 10.7 Å². The van der Waals surface area contributed by atoms with Crippen molar-refractivity contribution < 1.29 is 0 Å². The van der Waals surface area contributed by atoms with E-state index in [2.05, 4.69) is 20.7 Å². The van der Waals surface area contributed by atoms with E-state index in [1.54, 1.807) is 12.4 Å². The number of thiocarbonyl (C=S) groups is 1. The number of aromatic nitrogens is 2. The summed E-state index contributed by atoms with van der Waals surface area (Å²) < 4.78 is 0. The normalized spacial score (nSPS) is 8.82. The lowest BCUT2D eigenvalue weighted by atomic mass is 10.5. The lowest BCUT2D eigenvalue weighted by Gasteiger charge is -2.03. The van der Waals surface area contributed by atoms with Crippen molar-refractivity contribution in [3.8, 4) is 0 Å². The highest BCUT2D eigenvalue weighted by atomic mass is 32.1. The highest BCUT2D eigenvalue weighted by Gasteiger charge is 1.92. The quantitative estimate of drug-likeness (QED) is 0.303. The second-order valence-corrected chi connectivity index (χ2v) is 2.13. The minimum absolute atomic E-state index is 0.333. The zero-order valence-corrected chi connectivity index (χ0v) is 6.43. The van der Waals surface area contributed by atoms with Crippen LogP contribution in [0.5, 0.6) is 0 Å². The van der Waals surface area contributed by atoms with Crippen molar-refractivity contribution in [3.05, 3.63) is 18.7 Å². The summed E-state index contributed by atoms with van der Waals surface area (Å²) in [6.07, 6.45) is 4.62. The lowest BCUT2D eigenvalue weighted by molar-refractivity contribution is 1.04. The van der Waals surface area contributed by atoms with E-state index in [4.69, 9.17) is 18.1 Å². The molecule has 11 heavy (non-hydrogen) atoms. The topological polar surface area (TPSA) is 75.9 Å². The summed E-state index contributed by atoms with van der Waals surface area (Å²) in [7, 11) is 0. The maximum Gasteiger partial charge on any atom is 0.185 e. The standard InChI is InChI=1S/C5H7N5S/c6-10-5(11)9-4-1-7-3-8-2-4/h1-3H,6H2,(H2,9,10,11). The Labute approximate surface area is 69.0 Å². The van der Waals surface area contributed by atoms with Crippen LogP contribution in [0.3, 0.4) is 0 Å². The molecule has 0 saturated carbocycles. The van der Waals surface area contributed by atoms with Gasteiger partial charge >= 0.3 is 0 Å². The summed E-state index contributed by atoms with van der Waals surface area (Å²) >= 11 is 4.73. The summed E-state index contributed by atoms with van der Waals surface area (Å²) in [5.74, 6) is 5.03. The van der Waals surface area contributed by atoms with Crippen LogP contribution in [0, 0.1) is 0 Å². The van der Waals surface area contributed by atoms with Gasteiger partial charge in [-0.1, -0.05) is 0 Å². The first-order chi connectivity index (χ1) is 5.33. The molecule has 1 rings (SSSR count). The summed E-state index contributed by atoms with van der Waals surface area (Å²) in [6, 6.07) is 0. The minimum atomic E-state index is 0.333. The Morgan fingerprint density at radius 3 is 2.64 bits per heavy atom. The molecule has 0 unspecified atom stereocenters. The van der Waals surface area contributed by atoms with Crippen LogP contribution in [-0.2, 0) is 0 Å². The van der Waals surface area contributed by atoms with Crippen LogP contribution in [0.15, 0.2) is 18.7 Å². The maximum atomic E-state index is 5.03. The van der Waals surface area contributed by atoms with Gasteiger partial charge in [0.25, 0.3) is 0 Å². The zero-order valence-electron chi connectivity index (χ0n) is 5.61. The SMILES string of the molecule is NNC(=S)Nc1cncnc1. The molecule has 0 amide bonds. The van der Waals surface area contributed by atoms with E-state index < -0.39 is 0 Å². The second kappa shape index (κ2) is 3.79. The number of nitrogens with two attached hydrogens (primary N) is 1. The molecule has 0 fully saturated rings. The van der Waals surface area contributed by atoms with E-state index in [-0.39, 0.29) is 0 Å². The van der Waals surface area contributed by atoms with Gasteiger partial charge in [-0.05, 0) is 12.2 Å². The van der Waals surface area contributed by atoms with Crippen molar-refractivity contribution in [1.82, 2.24) is 15.4 Å². The second-order valence-electron chi connectivity index (χ2n) is 1.73. The molecule has 0 saturated heterocycles. The average Bonchev–Trinajstić information content (AvgIpc) is 2.06. The van der Waals surface area contributed by atoms with E-state index in [0.717, 1.165) is 0 Å². The van der Waals surface area contributed by atoms with Crippen LogP contribution < -0.4 is 16.6 Å². The Bertz CT molecular complexity index is 236. The van der Waals surface area contributed by atoms with Gasteiger partial charge in [-0.2, -0.15) is 0 Å². The Morgan fingerprint density at radius 2 is 2.09 bits per heavy atom. The number of anilines is 1. The molecule has 0 atom stereocenters. The van der Waals surface area contributed by atoms with E-state index >= 15 is 0 Å². The third kappa shape index (κ3) is 2.44. The van der Waals surface area contributed by atoms with Crippen molar-refractivity contribution in [2.45, 2.75) is 0 Å². The first-order valence-corrected chi connectivity index (χ1v) is 3.26. The zero-order chi connectivity index (χ0) is 8.10. The number of nitrogens with zero attached hydrogens (tertiary/aromatic N) is 2. The van der Waals surface area contributed by atoms with Gasteiger partial charge in [0.2, 0.25) is 0 Å². The molecule has 1 aromatic rings. The number of nitrogens with one attached hydrogen (secondary N) is 2. The molecule has 0 bridgehead atoms. The third-order valence-corrected chi connectivity index (χ3v) is 1.17. The Balaban J connectivity index is 2.58. The molecule has 0 aromatic carbocycles. The Kier molecular flexibility index (Phi) is 2.70. The molecule has 0 aliphatic carbocycles. The predicted molar refractivity (Wildman–Crippen MR) is 45.6 cm³/mol. The van der Waals surface area contributed by atoms with Crippen molar-refractivity contribution in [3.63, 3.8) is 0 Å². The molecule has 1 aromatic heterocycles. The molecule has 0 aliphatic rings. The summed E-state index contributed by atoms with van der Waals surface area (Å²) in [5.41, 5.74) is 2.98. The maximum absolute atomic E-state index is 5.03. The van der Waals surface area contributed by atoms with Crippen LogP contribution in [-0.4, -0.2) is 15.1 Å². The van der Waals surface area contributed by atoms with Crippen molar-refractivity contribution >= 4 is 23.0 Å². The number of hydrazine groups is 1. The van der Waals surface area contributed by atoms with Crippen LogP contribution in [0.25, 0.3) is 0 Å². The van der Waals surface area contributed by atoms with Crippen molar-refractivity contribution in [2.24, 2.45) is 5.84 Å². The highest BCUT2D eigenvalue weighted by Crippen LogP contribution is 1.98. The fraction of sp³-hybridized carbons (Fsp3) is 0. The average molecular weight is 169 g/mol. The molecule has 1 heterocycles. The minimum Gasteiger partial charge on any atom is -0.329 e. The first kappa shape index (κ1) is 7.83. The van der Waals surface area contributed by atoms with Gasteiger partial charge in [0.05, 0.1) is 18.1 Å². The van der Waals surface area contributed by atoms with Crippen LogP contribution in [0.4, 0.5) is 5.69 Å². The summed E-state index contributed by atoms with van der Waals surface area (Å²) in [4.78, 5) is 7.54. The van der Waals surface area contributed by atoms with Gasteiger partial charge in [-0.25, -0.2) is 15.8 Å². The fourth-order valence-electron chi connectivity index (χ4n) is 0.531. The molecule has 0 aliphatic heterocycles. The number of rotatable bonds is 1. The monoisotopic (exact) mass is 169 g/mol. The van der Waals surface area contributed by atoms with Gasteiger partial charge in [0, 0.05) is 0 Å². The number of hydrogen-bond acceptors (Lipinski definition) is 4. The molecule has 6 heteroatoms. The fourth-order valence-corrected chi connectivity index (χ4v) is 0.649. The van der Waals surface area contributed by atoms with E-state index in [9.17, 15) is 0 Å². The van der Waals surface area contributed by atoms with Crippen LogP contribution >= 0.6 is 12.2 Å². The van der Waals surface area contributed by atoms with Crippen LogP contribution in [0.1, 0.15) is 0 Å². The van der Waals surface area contributed by atoms with Crippen molar-refractivity contribution in [1.29, 1.82) is 0 Å². The van der Waals surface area contributed by atoms with Crippen molar-refractivity contribution in [2.75, 3.05) is 5.32 Å². The molecular weight excluding hydrogens is 162 g/mol. The Morgan fingerprint density at radius 1 is 1.45 bits per heavy atom. The molecule has 58 valence electrons. The van der Waals surface area contributed by atoms with Gasteiger partial charge in [-0.15, -0.1) is 0 Å². The largest absolute Gasteiger partial charge is 0.329 e. The summed E-state index contributed by atoms with van der Waals surface area (Å²) in [6.45, 7) is 0. The van der Waals surface area contributed by atoms with Gasteiger partial charge in [0.1, 0.15) is 6.33 Å². The van der Waals surface area contributed by atoms with E-state index in [1.165, 1.54) is 6.33 Å². The Hall–Kier alpha value is -1.27. The molecule has 0 radical (unpaired) electrons. The molecular formula is C5H7N5S. The predicted octanol–water partition coefficient (Wildman–Crippen LogP) is -0.363. The van der Waals surface area contributed by atoms with Crippen LogP contribution in [0.2, 0.25) is 0 Å². The molecule has 0 spiro atoms. The molecule has 4 N–H and O–H groups in total. The first-order valence-electron chi connectivity index (χ1n) is 2.85. The van der Waals surface area contributed by atoms with E-state index in [0.29, 0.717) is 10.8 Å². The smallest absolute Gasteiger partial charge is 0.185 e. The summed E-state index contributed by atoms with van der Waals surface area (Å²) in [5, 5.41) is 3.10. The number of hydrogen-bond donors (Lipinski definition) is 3. The van der Waals surface area contributed by atoms with E-state index in [1.807, 2.05) is 0 Å². The molecule has 5 nitrogen and oxygen atoms in total. The van der Waals surface area contributed by atoms with Gasteiger partial charge in [-0.3, -0.25) is 0 Å². The lowest BCUT2D eigenvalue weighted by Crippen LogP contribution is -2.34. The highest BCUT2D eigenvalue weighted by molar-refractivity contribution is 7.80.